The molecule has 7 heteroatoms. The molecule has 3 rings (SSSR count). The van der Waals surface area contributed by atoms with Crippen LogP contribution < -0.4 is 5.32 Å². The van der Waals surface area contributed by atoms with E-state index in [1.807, 2.05) is 24.3 Å². The lowest BCUT2D eigenvalue weighted by Crippen LogP contribution is -2.46. The van der Waals surface area contributed by atoms with Gasteiger partial charge in [0.05, 0.1) is 11.6 Å². The molecule has 2 aromatic rings. The quantitative estimate of drug-likeness (QED) is 0.872. The van der Waals surface area contributed by atoms with E-state index in [0.717, 1.165) is 10.2 Å². The number of carboxylic acid groups (broad SMARTS) is 1. The number of carbonyl (C=O) groups excluding carboxylic acids is 1. The fourth-order valence-electron chi connectivity index (χ4n) is 2.40. The van der Waals surface area contributed by atoms with Crippen LogP contribution in [0, 0.1) is 5.92 Å². The van der Waals surface area contributed by atoms with Crippen LogP contribution in [0.4, 0.5) is 0 Å². The molecule has 1 aromatic heterocycles. The van der Waals surface area contributed by atoms with E-state index in [-0.39, 0.29) is 17.9 Å². The number of hydrogen-bond acceptors (Lipinski definition) is 3. The highest BCUT2D eigenvalue weighted by Gasteiger charge is 2.35. The number of carboxylic acids is 1. The lowest BCUT2D eigenvalue weighted by atomic mass is 9.80. The van der Waals surface area contributed by atoms with Crippen LogP contribution in [-0.4, -0.2) is 32.8 Å². The van der Waals surface area contributed by atoms with Gasteiger partial charge in [-0.1, -0.05) is 22.0 Å². The molecule has 1 aliphatic carbocycles. The number of benzene rings is 1. The van der Waals surface area contributed by atoms with Crippen molar-refractivity contribution in [3.63, 3.8) is 0 Å². The van der Waals surface area contributed by atoms with Crippen LogP contribution in [0.3, 0.4) is 0 Å². The normalized spacial score (nSPS) is 20.2. The summed E-state index contributed by atoms with van der Waals surface area (Å²) in [6.45, 7) is 0. The molecule has 0 saturated heterocycles. The van der Waals surface area contributed by atoms with Gasteiger partial charge in [-0.2, -0.15) is 5.10 Å². The zero-order valence-corrected chi connectivity index (χ0v) is 13.2. The lowest BCUT2D eigenvalue weighted by Gasteiger charge is -2.32. The van der Waals surface area contributed by atoms with E-state index in [0.29, 0.717) is 18.5 Å². The average molecular weight is 364 g/mol. The molecule has 0 atom stereocenters. The van der Waals surface area contributed by atoms with Crippen LogP contribution in [0.1, 0.15) is 23.3 Å². The van der Waals surface area contributed by atoms with E-state index in [4.69, 9.17) is 5.11 Å². The standard InChI is InChI=1S/C15H14BrN3O3/c16-10-2-1-3-12(8-10)19-5-4-13(18-19)14(20)17-11-6-9(7-11)15(21)22/h1-5,8-9,11H,6-7H2,(H,17,20)(H,21,22). The van der Waals surface area contributed by atoms with E-state index in [2.05, 4.69) is 26.3 Å². The third kappa shape index (κ3) is 3.04. The van der Waals surface area contributed by atoms with Gasteiger partial charge in [0.2, 0.25) is 0 Å². The summed E-state index contributed by atoms with van der Waals surface area (Å²) in [4.78, 5) is 22.8. The highest BCUT2D eigenvalue weighted by molar-refractivity contribution is 9.10. The molecule has 0 aliphatic heterocycles. The average Bonchev–Trinajstić information content (AvgIpc) is 2.91. The fraction of sp³-hybridized carbons (Fsp3) is 0.267. The summed E-state index contributed by atoms with van der Waals surface area (Å²) in [5.74, 6) is -1.42. The number of aliphatic carboxylic acids is 1. The van der Waals surface area contributed by atoms with Crippen LogP contribution in [0.15, 0.2) is 41.0 Å². The molecule has 1 aliphatic rings. The molecule has 1 amide bonds. The predicted octanol–water partition coefficient (Wildman–Crippen LogP) is 2.23. The van der Waals surface area contributed by atoms with Crippen molar-refractivity contribution in [1.29, 1.82) is 0 Å². The van der Waals surface area contributed by atoms with E-state index < -0.39 is 5.97 Å². The topological polar surface area (TPSA) is 84.2 Å². The SMILES string of the molecule is O=C(NC1CC(C(=O)O)C1)c1ccn(-c2cccc(Br)c2)n1. The maximum Gasteiger partial charge on any atom is 0.306 e. The molecule has 0 radical (unpaired) electrons. The number of carbonyl (C=O) groups is 2. The molecule has 22 heavy (non-hydrogen) atoms. The van der Waals surface area contributed by atoms with Crippen LogP contribution in [0.2, 0.25) is 0 Å². The minimum absolute atomic E-state index is 0.0791. The molecule has 1 saturated carbocycles. The van der Waals surface area contributed by atoms with E-state index in [9.17, 15) is 9.59 Å². The molecule has 1 aromatic carbocycles. The van der Waals surface area contributed by atoms with Crippen molar-refractivity contribution in [2.24, 2.45) is 5.92 Å². The van der Waals surface area contributed by atoms with Crippen molar-refractivity contribution < 1.29 is 14.7 Å². The number of rotatable bonds is 4. The fourth-order valence-corrected chi connectivity index (χ4v) is 2.79. The molecule has 0 unspecified atom stereocenters. The molecule has 0 spiro atoms. The minimum Gasteiger partial charge on any atom is -0.481 e. The summed E-state index contributed by atoms with van der Waals surface area (Å²) in [7, 11) is 0. The molecule has 2 N–H and O–H groups in total. The molecule has 1 fully saturated rings. The van der Waals surface area contributed by atoms with Crippen molar-refractivity contribution in [3.8, 4) is 5.69 Å². The summed E-state index contributed by atoms with van der Waals surface area (Å²) in [6, 6.07) is 9.16. The van der Waals surface area contributed by atoms with Gasteiger partial charge in [-0.3, -0.25) is 9.59 Å². The van der Waals surface area contributed by atoms with Crippen molar-refractivity contribution >= 4 is 27.8 Å². The van der Waals surface area contributed by atoms with Gasteiger partial charge in [0.15, 0.2) is 5.69 Å². The van der Waals surface area contributed by atoms with E-state index in [1.165, 1.54) is 0 Å². The van der Waals surface area contributed by atoms with Crippen molar-refractivity contribution in [1.82, 2.24) is 15.1 Å². The van der Waals surface area contributed by atoms with E-state index >= 15 is 0 Å². The van der Waals surface area contributed by atoms with Crippen LogP contribution in [-0.2, 0) is 4.79 Å². The van der Waals surface area contributed by atoms with Gasteiger partial charge >= 0.3 is 5.97 Å². The Hall–Kier alpha value is -2.15. The van der Waals surface area contributed by atoms with Gasteiger partial charge in [-0.15, -0.1) is 0 Å². The van der Waals surface area contributed by atoms with Crippen molar-refractivity contribution in [2.45, 2.75) is 18.9 Å². The molecule has 6 nitrogen and oxygen atoms in total. The smallest absolute Gasteiger partial charge is 0.306 e. The number of amides is 1. The third-order valence-corrected chi connectivity index (χ3v) is 4.21. The first-order valence-electron chi connectivity index (χ1n) is 6.88. The Kier molecular flexibility index (Phi) is 3.98. The maximum atomic E-state index is 12.1. The Morgan fingerprint density at radius 2 is 2.09 bits per heavy atom. The molecular formula is C15H14BrN3O3. The molecule has 1 heterocycles. The highest BCUT2D eigenvalue weighted by atomic mass is 79.9. The second kappa shape index (κ2) is 5.92. The Morgan fingerprint density at radius 1 is 1.32 bits per heavy atom. The van der Waals surface area contributed by atoms with Gasteiger partial charge < -0.3 is 10.4 Å². The molecule has 114 valence electrons. The Balaban J connectivity index is 1.64. The molecular weight excluding hydrogens is 350 g/mol. The van der Waals surface area contributed by atoms with Crippen molar-refractivity contribution in [2.75, 3.05) is 0 Å². The first-order valence-corrected chi connectivity index (χ1v) is 7.67. The number of nitrogens with zero attached hydrogens (tertiary/aromatic N) is 2. The van der Waals surface area contributed by atoms with Gasteiger partial charge in [-0.25, -0.2) is 4.68 Å². The summed E-state index contributed by atoms with van der Waals surface area (Å²) >= 11 is 3.39. The van der Waals surface area contributed by atoms with Crippen LogP contribution >= 0.6 is 15.9 Å². The summed E-state index contributed by atoms with van der Waals surface area (Å²) in [6.07, 6.45) is 2.68. The Morgan fingerprint density at radius 3 is 2.77 bits per heavy atom. The van der Waals surface area contributed by atoms with E-state index in [1.54, 1.807) is 16.9 Å². The second-order valence-corrected chi connectivity index (χ2v) is 6.22. The zero-order chi connectivity index (χ0) is 15.7. The Bertz CT molecular complexity index is 722. The van der Waals surface area contributed by atoms with Crippen molar-refractivity contribution in [3.05, 3.63) is 46.7 Å². The summed E-state index contributed by atoms with van der Waals surface area (Å²) in [5.41, 5.74) is 1.17. The number of aromatic nitrogens is 2. The number of halogens is 1. The minimum atomic E-state index is -0.801. The summed E-state index contributed by atoms with van der Waals surface area (Å²) < 4.78 is 2.56. The second-order valence-electron chi connectivity index (χ2n) is 5.30. The van der Waals surface area contributed by atoms with Gasteiger partial charge in [0.25, 0.3) is 5.91 Å². The predicted molar refractivity (Wildman–Crippen MR) is 82.9 cm³/mol. The first kappa shape index (κ1) is 14.8. The van der Waals surface area contributed by atoms with Gasteiger partial charge in [-0.05, 0) is 37.1 Å². The van der Waals surface area contributed by atoms with Gasteiger partial charge in [0.1, 0.15) is 0 Å². The summed E-state index contributed by atoms with van der Waals surface area (Å²) in [5, 5.41) is 15.9. The Labute approximate surface area is 135 Å². The zero-order valence-electron chi connectivity index (χ0n) is 11.6. The van der Waals surface area contributed by atoms with Crippen LogP contribution in [0.25, 0.3) is 5.69 Å². The van der Waals surface area contributed by atoms with Gasteiger partial charge in [0, 0.05) is 16.7 Å². The monoisotopic (exact) mass is 363 g/mol. The largest absolute Gasteiger partial charge is 0.481 e. The molecule has 0 bridgehead atoms. The lowest BCUT2D eigenvalue weighted by molar-refractivity contribution is -0.145. The first-order chi connectivity index (χ1) is 10.5. The number of hydrogen-bond donors (Lipinski definition) is 2. The maximum absolute atomic E-state index is 12.1. The van der Waals surface area contributed by atoms with Crippen LogP contribution in [0.5, 0.6) is 0 Å². The highest BCUT2D eigenvalue weighted by Crippen LogP contribution is 2.27. The third-order valence-electron chi connectivity index (χ3n) is 3.72. The number of nitrogens with one attached hydrogen (secondary N) is 1.